The van der Waals surface area contributed by atoms with Crippen LogP contribution in [0.3, 0.4) is 0 Å². The van der Waals surface area contributed by atoms with Crippen LogP contribution < -0.4 is 5.32 Å². The lowest BCUT2D eigenvalue weighted by Crippen LogP contribution is -2.37. The van der Waals surface area contributed by atoms with E-state index in [1.54, 1.807) is 17.4 Å². The third-order valence-electron chi connectivity index (χ3n) is 5.01. The Labute approximate surface area is 179 Å². The third-order valence-corrected chi connectivity index (χ3v) is 6.23. The zero-order valence-electron chi connectivity index (χ0n) is 16.3. The minimum atomic E-state index is -4.37. The van der Waals surface area contributed by atoms with Crippen molar-refractivity contribution >= 4 is 34.4 Å². The van der Waals surface area contributed by atoms with Gasteiger partial charge in [0.25, 0.3) is 0 Å². The van der Waals surface area contributed by atoms with Crippen molar-refractivity contribution < 1.29 is 13.2 Å². The Bertz CT molecular complexity index is 772. The molecular formula is C21H26F3N3S2. The van der Waals surface area contributed by atoms with E-state index in [1.165, 1.54) is 30.2 Å². The number of alkyl halides is 3. The van der Waals surface area contributed by atoms with E-state index in [0.717, 1.165) is 44.7 Å². The molecule has 3 nitrogen and oxygen atoms in total. The van der Waals surface area contributed by atoms with Gasteiger partial charge >= 0.3 is 6.18 Å². The molecule has 8 heteroatoms. The summed E-state index contributed by atoms with van der Waals surface area (Å²) in [5, 5.41) is 5.48. The summed E-state index contributed by atoms with van der Waals surface area (Å²) in [4.78, 5) is 5.71. The van der Waals surface area contributed by atoms with E-state index < -0.39 is 11.7 Å². The molecule has 1 aromatic heterocycles. The summed E-state index contributed by atoms with van der Waals surface area (Å²) >= 11 is 7.22. The van der Waals surface area contributed by atoms with E-state index in [1.807, 2.05) is 16.3 Å². The van der Waals surface area contributed by atoms with Crippen LogP contribution in [0.1, 0.15) is 36.1 Å². The van der Waals surface area contributed by atoms with Crippen LogP contribution in [0.15, 0.2) is 41.8 Å². The van der Waals surface area contributed by atoms with Crippen molar-refractivity contribution in [3.63, 3.8) is 0 Å². The summed E-state index contributed by atoms with van der Waals surface area (Å²) in [5.41, 5.74) is -0.322. The summed E-state index contributed by atoms with van der Waals surface area (Å²) < 4.78 is 39.0. The molecule has 0 spiro atoms. The predicted molar refractivity (Wildman–Crippen MR) is 117 cm³/mol. The van der Waals surface area contributed by atoms with Crippen molar-refractivity contribution in [2.75, 3.05) is 31.5 Å². The van der Waals surface area contributed by atoms with Gasteiger partial charge in [0, 0.05) is 17.1 Å². The van der Waals surface area contributed by atoms with Gasteiger partial charge in [0.2, 0.25) is 0 Å². The Morgan fingerprint density at radius 1 is 1.14 bits per heavy atom. The van der Waals surface area contributed by atoms with Crippen LogP contribution in [0, 0.1) is 0 Å². The number of nitrogens with zero attached hydrogens (tertiary/aromatic N) is 2. The first-order valence-corrected chi connectivity index (χ1v) is 11.2. The van der Waals surface area contributed by atoms with Crippen molar-refractivity contribution in [3.05, 3.63) is 52.2 Å². The predicted octanol–water partition coefficient (Wildman–Crippen LogP) is 5.84. The average Bonchev–Trinajstić information content (AvgIpc) is 3.21. The van der Waals surface area contributed by atoms with Gasteiger partial charge in [-0.15, -0.1) is 11.3 Å². The number of anilines is 1. The first kappa shape index (κ1) is 22.1. The second-order valence-corrected chi connectivity index (χ2v) is 8.68. The third kappa shape index (κ3) is 6.97. The molecule has 1 aliphatic rings. The van der Waals surface area contributed by atoms with Crippen molar-refractivity contribution in [1.29, 1.82) is 0 Å². The maximum absolute atomic E-state index is 13.0. The van der Waals surface area contributed by atoms with Gasteiger partial charge in [-0.25, -0.2) is 0 Å². The van der Waals surface area contributed by atoms with E-state index in [0.29, 0.717) is 17.3 Å². The van der Waals surface area contributed by atoms with Crippen molar-refractivity contribution in [1.82, 2.24) is 9.80 Å². The molecule has 0 saturated carbocycles. The highest BCUT2D eigenvalue weighted by Gasteiger charge is 2.30. The van der Waals surface area contributed by atoms with Crippen molar-refractivity contribution in [3.8, 4) is 0 Å². The monoisotopic (exact) mass is 441 g/mol. The summed E-state index contributed by atoms with van der Waals surface area (Å²) in [6.07, 6.45) is 0.426. The SMILES string of the molecule is FC(F)(F)c1cccc(NC(=S)N(CCCN2CCCCC2)Cc2cccs2)c1. The highest BCUT2D eigenvalue weighted by molar-refractivity contribution is 7.80. The lowest BCUT2D eigenvalue weighted by Gasteiger charge is -2.29. The fourth-order valence-corrected chi connectivity index (χ4v) is 4.48. The molecule has 1 aliphatic heterocycles. The van der Waals surface area contributed by atoms with E-state index in [2.05, 4.69) is 16.3 Å². The van der Waals surface area contributed by atoms with Gasteiger partial charge < -0.3 is 15.1 Å². The zero-order valence-corrected chi connectivity index (χ0v) is 17.9. The summed E-state index contributed by atoms with van der Waals surface area (Å²) in [6.45, 7) is 4.74. The normalized spacial score (nSPS) is 15.3. The zero-order chi connectivity index (χ0) is 20.7. The number of halogens is 3. The van der Waals surface area contributed by atoms with Gasteiger partial charge in [0.1, 0.15) is 0 Å². The van der Waals surface area contributed by atoms with Crippen LogP contribution >= 0.6 is 23.6 Å². The van der Waals surface area contributed by atoms with E-state index in [-0.39, 0.29) is 0 Å². The highest BCUT2D eigenvalue weighted by Crippen LogP contribution is 2.30. The first-order chi connectivity index (χ1) is 13.9. The molecule has 1 N–H and O–H groups in total. The number of hydrogen-bond acceptors (Lipinski definition) is 3. The minimum absolute atomic E-state index is 0.358. The minimum Gasteiger partial charge on any atom is -0.344 e. The van der Waals surface area contributed by atoms with Gasteiger partial charge in [-0.3, -0.25) is 0 Å². The molecule has 0 unspecified atom stereocenters. The number of piperidine rings is 1. The van der Waals surface area contributed by atoms with Crippen LogP contribution in [0.25, 0.3) is 0 Å². The van der Waals surface area contributed by atoms with Crippen molar-refractivity contribution in [2.24, 2.45) is 0 Å². The average molecular weight is 442 g/mol. The lowest BCUT2D eigenvalue weighted by atomic mass is 10.1. The fraction of sp³-hybridized carbons (Fsp3) is 0.476. The molecule has 2 heterocycles. The first-order valence-electron chi connectivity index (χ1n) is 9.90. The number of benzene rings is 1. The number of nitrogens with one attached hydrogen (secondary N) is 1. The molecule has 2 aromatic rings. The molecule has 29 heavy (non-hydrogen) atoms. The Morgan fingerprint density at radius 2 is 1.93 bits per heavy atom. The molecule has 0 amide bonds. The van der Waals surface area contributed by atoms with Gasteiger partial charge in [-0.1, -0.05) is 18.6 Å². The van der Waals surface area contributed by atoms with Gasteiger partial charge in [-0.05, 0) is 80.8 Å². The summed E-state index contributed by atoms with van der Waals surface area (Å²) in [5.74, 6) is 0. The topological polar surface area (TPSA) is 18.5 Å². The van der Waals surface area contributed by atoms with Crippen LogP contribution in [0.4, 0.5) is 18.9 Å². The molecule has 0 atom stereocenters. The Morgan fingerprint density at radius 3 is 2.62 bits per heavy atom. The molecular weight excluding hydrogens is 415 g/mol. The molecule has 1 saturated heterocycles. The van der Waals surface area contributed by atoms with Gasteiger partial charge in [0.05, 0.1) is 12.1 Å². The number of thiophene rings is 1. The molecule has 0 bridgehead atoms. The van der Waals surface area contributed by atoms with Gasteiger partial charge in [-0.2, -0.15) is 13.2 Å². The Balaban J connectivity index is 1.62. The molecule has 0 radical (unpaired) electrons. The van der Waals surface area contributed by atoms with Crippen LogP contribution in [0.5, 0.6) is 0 Å². The summed E-state index contributed by atoms with van der Waals surface area (Å²) in [7, 11) is 0. The second kappa shape index (κ2) is 10.4. The number of thiocarbonyl (C=S) groups is 1. The molecule has 1 aromatic carbocycles. The van der Waals surface area contributed by atoms with E-state index in [4.69, 9.17) is 12.2 Å². The standard InChI is InChI=1S/C21H26F3N3S2/c22-21(23,24)17-7-4-8-18(15-17)25-20(28)27(16-19-9-5-14-29-19)13-6-12-26-10-2-1-3-11-26/h4-5,7-9,14-15H,1-3,6,10-13,16H2,(H,25,28). The number of rotatable bonds is 7. The highest BCUT2D eigenvalue weighted by atomic mass is 32.1. The van der Waals surface area contributed by atoms with E-state index >= 15 is 0 Å². The Kier molecular flexibility index (Phi) is 7.91. The smallest absolute Gasteiger partial charge is 0.344 e. The van der Waals surface area contributed by atoms with Crippen LogP contribution in [0.2, 0.25) is 0 Å². The van der Waals surface area contributed by atoms with Crippen LogP contribution in [-0.4, -0.2) is 41.1 Å². The van der Waals surface area contributed by atoms with Crippen LogP contribution in [-0.2, 0) is 12.7 Å². The Hall–Kier alpha value is -1.64. The van der Waals surface area contributed by atoms with Crippen molar-refractivity contribution in [2.45, 2.75) is 38.4 Å². The maximum Gasteiger partial charge on any atom is 0.416 e. The maximum atomic E-state index is 13.0. The fourth-order valence-electron chi connectivity index (χ4n) is 3.49. The number of hydrogen-bond donors (Lipinski definition) is 1. The number of likely N-dealkylation sites (tertiary alicyclic amines) is 1. The molecule has 0 aliphatic carbocycles. The summed E-state index contributed by atoms with van der Waals surface area (Å²) in [6, 6.07) is 9.22. The van der Waals surface area contributed by atoms with Gasteiger partial charge in [0.15, 0.2) is 5.11 Å². The lowest BCUT2D eigenvalue weighted by molar-refractivity contribution is -0.137. The molecule has 3 rings (SSSR count). The second-order valence-electron chi connectivity index (χ2n) is 7.27. The van der Waals surface area contributed by atoms with E-state index in [9.17, 15) is 13.2 Å². The quantitative estimate of drug-likeness (QED) is 0.544. The molecule has 1 fully saturated rings. The molecule has 158 valence electrons. The largest absolute Gasteiger partial charge is 0.416 e.